The summed E-state index contributed by atoms with van der Waals surface area (Å²) in [4.78, 5) is 136. The normalized spacial score (nSPS) is 28.2. The van der Waals surface area contributed by atoms with Crippen LogP contribution in [0.4, 0.5) is 5.69 Å². The van der Waals surface area contributed by atoms with Crippen molar-refractivity contribution >= 4 is 70.5 Å². The summed E-state index contributed by atoms with van der Waals surface area (Å²) in [6, 6.07) is 8.53. The number of rotatable bonds is 17. The second-order valence-electron chi connectivity index (χ2n) is 30.5. The molecule has 0 radical (unpaired) electrons. The molecule has 6 aromatic rings. The van der Waals surface area contributed by atoms with Crippen LogP contribution in [0, 0.1) is 36.5 Å². The average molecular weight is 1580 g/mol. The Bertz CT molecular complexity index is 4670. The van der Waals surface area contributed by atoms with Crippen molar-refractivity contribution in [1.82, 2.24) is 42.5 Å². The average Bonchev–Trinajstić information content (AvgIpc) is 0.765. The van der Waals surface area contributed by atoms with Crippen LogP contribution in [-0.2, 0) is 54.3 Å². The first-order valence-electron chi connectivity index (χ1n) is 37.5. The predicted octanol–water partition coefficient (Wildman–Crippen LogP) is 3.25. The molecule has 0 unspecified atom stereocenters. The fourth-order valence-electron chi connectivity index (χ4n) is 16.7. The van der Waals surface area contributed by atoms with Gasteiger partial charge < -0.3 is 118 Å². The van der Waals surface area contributed by atoms with Crippen LogP contribution in [-0.4, -0.2) is 175 Å². The standard InChI is InChI=1S/C80H91ClN10O22/c1-6-109-45-12-10-44(11-13-45)84-59(96)26-37-24-47-60(52(94)25-37)46-27-38(7-14-51(46)93)62-75(104)91-66(79(108)89-64(47)77(106)86-61-41-20-35-19-36(22-41)23-42(61)21-35)68(98)40-9-16-54(48(81)28-40)111-56-30-43-29-55(72(56)113-80-71(101)70(100)69(99)57(32-92)112-80)110-53-15-8-39(18-34(53)4)67(97)65(90-73(102)49(83-5)17-33(2)3)78(107)85-50(31-58(82)95)74(103)87-63(43)76(105)88-62/h7-16,18,24-25,27-30,33,35-36,41-42,49-50,57,61-71,80,83,92-94,97-101H,6,17,19-23,26,31-32H2,1-5H3,(H2,82,95)(H,84,96)(H,85,107)(H,86,106)(H,87,103)(H,88,105)(H,89,108)(H,90,102)(H,91,104)/t35?,36?,41?,42?,49-,50+,57-,61?,62-,63-,64+,65-,66+,67-,68-,69-,70+,71-,80+/m1/s1. The van der Waals surface area contributed by atoms with Crippen molar-refractivity contribution in [3.63, 3.8) is 0 Å². The highest BCUT2D eigenvalue weighted by Crippen LogP contribution is 2.55. The fourth-order valence-corrected chi connectivity index (χ4v) is 16.9. The smallest absolute Gasteiger partial charge is 0.248 e. The van der Waals surface area contributed by atoms with Gasteiger partial charge in [0.1, 0.15) is 102 Å². The molecule has 16 rings (SSSR count). The lowest BCUT2D eigenvalue weighted by Crippen LogP contribution is -2.60. The maximum absolute atomic E-state index is 16.3. The lowest BCUT2D eigenvalue weighted by molar-refractivity contribution is -0.277. The number of ether oxygens (including phenoxy) is 5. The van der Waals surface area contributed by atoms with E-state index in [1.165, 1.54) is 68.6 Å². The van der Waals surface area contributed by atoms with Gasteiger partial charge in [-0.15, -0.1) is 0 Å². The highest BCUT2D eigenvalue weighted by atomic mass is 35.5. The number of aromatic hydroxyl groups is 2. The number of aliphatic hydroxyl groups is 6. The molecular formula is C80H91ClN10O22. The van der Waals surface area contributed by atoms with Gasteiger partial charge in [-0.1, -0.05) is 49.7 Å². The lowest BCUT2D eigenvalue weighted by atomic mass is 9.54. The van der Waals surface area contributed by atoms with E-state index < -0.39 is 192 Å². The number of benzene rings is 6. The van der Waals surface area contributed by atoms with Crippen LogP contribution in [0.2, 0.25) is 5.02 Å². The number of hydrogen-bond acceptors (Lipinski definition) is 23. The quantitative estimate of drug-likeness (QED) is 0.0623. The number of primary amides is 1. The van der Waals surface area contributed by atoms with Crippen LogP contribution in [0.1, 0.15) is 135 Å². The third kappa shape index (κ3) is 17.2. The van der Waals surface area contributed by atoms with Gasteiger partial charge in [-0.3, -0.25) is 43.2 Å². The van der Waals surface area contributed by atoms with Crippen molar-refractivity contribution in [2.75, 3.05) is 25.6 Å². The van der Waals surface area contributed by atoms with Gasteiger partial charge in [0, 0.05) is 22.9 Å². The molecule has 33 heteroatoms. The van der Waals surface area contributed by atoms with Crippen LogP contribution in [0.3, 0.4) is 0 Å². The van der Waals surface area contributed by atoms with Crippen LogP contribution in [0.15, 0.2) is 103 Å². The van der Waals surface area contributed by atoms with E-state index in [0.717, 1.165) is 56.4 Å². The van der Waals surface area contributed by atoms with Crippen LogP contribution in [0.5, 0.6) is 46.0 Å². The summed E-state index contributed by atoms with van der Waals surface area (Å²) >= 11 is 7.19. The number of hydrogen-bond donors (Lipinski definition) is 18. The SMILES string of the molecule is CCOc1ccc(NC(=O)Cc2cc(O)c3c(c2)[C@@H](C(=O)NC2C4CC5CC(C4)CC2C5)NC(=O)[C@H]2NC(=O)[C@H](NC(=O)[C@@H]4NC(=O)[C@H](CC(N)=O)NC(=O)[C@H](NC(=O)[C@@H](CC(C)C)NC)[C@H](O)c5ccc(c(C)c5)Oc5cc4cc(c5O[C@@H]4O[C@H](CO)[C@@H](O)[C@H](O)[C@H]4O)Oc4ccc(cc4Cl)[C@H]2O)c2ccc(O)c-3c2)cc1. The number of amides is 9. The van der Waals surface area contributed by atoms with E-state index in [2.05, 4.69) is 47.9 Å². The molecule has 5 fully saturated rings. The van der Waals surface area contributed by atoms with E-state index in [-0.39, 0.29) is 91.2 Å². The Morgan fingerprint density at radius 3 is 1.93 bits per heavy atom. The summed E-state index contributed by atoms with van der Waals surface area (Å²) in [6.07, 6.45) is -10.6. The number of anilines is 1. The van der Waals surface area contributed by atoms with Crippen LogP contribution in [0.25, 0.3) is 11.1 Å². The van der Waals surface area contributed by atoms with Gasteiger partial charge in [0.2, 0.25) is 65.2 Å². The molecule has 14 atom stereocenters. The van der Waals surface area contributed by atoms with Gasteiger partial charge in [-0.2, -0.15) is 0 Å². The van der Waals surface area contributed by atoms with Crippen LogP contribution >= 0.6 is 11.6 Å². The third-order valence-corrected chi connectivity index (χ3v) is 22.4. The number of likely N-dealkylation sites (N-methyl/N-ethyl adjacent to an activating group) is 1. The molecule has 1 saturated heterocycles. The summed E-state index contributed by atoms with van der Waals surface area (Å²) in [5, 5.41) is 118. The summed E-state index contributed by atoms with van der Waals surface area (Å²) in [5.74, 6) is -11.8. The Hall–Kier alpha value is -10.7. The minimum atomic E-state index is -2.28. The number of carbonyl (C=O) groups excluding carboxylic acids is 9. The van der Waals surface area contributed by atoms with Gasteiger partial charge in [0.15, 0.2) is 11.5 Å². The van der Waals surface area contributed by atoms with Gasteiger partial charge >= 0.3 is 0 Å². The van der Waals surface area contributed by atoms with Crippen molar-refractivity contribution in [3.05, 3.63) is 147 Å². The molecule has 600 valence electrons. The number of fused-ring (bicyclic) bond motifs is 15. The molecule has 15 bridgehead atoms. The molecule has 113 heavy (non-hydrogen) atoms. The zero-order valence-electron chi connectivity index (χ0n) is 62.2. The molecule has 0 spiro atoms. The highest BCUT2D eigenvalue weighted by Gasteiger charge is 2.51. The minimum absolute atomic E-state index is 0.0113. The molecule has 6 aromatic carbocycles. The molecule has 6 aliphatic heterocycles. The number of halogens is 1. The molecule has 10 aliphatic rings. The predicted molar refractivity (Wildman–Crippen MR) is 402 cm³/mol. The molecule has 4 aliphatic carbocycles. The summed E-state index contributed by atoms with van der Waals surface area (Å²) in [5.41, 5.74) is 4.79. The number of phenols is 2. The molecule has 9 amide bonds. The van der Waals surface area contributed by atoms with E-state index in [9.17, 15) is 60.0 Å². The van der Waals surface area contributed by atoms with Gasteiger partial charge in [0.05, 0.1) is 37.1 Å². The van der Waals surface area contributed by atoms with E-state index in [1.54, 1.807) is 24.3 Å². The van der Waals surface area contributed by atoms with E-state index >= 15 is 24.0 Å². The second kappa shape index (κ2) is 33.6. The molecule has 32 nitrogen and oxygen atoms in total. The van der Waals surface area contributed by atoms with Crippen LogP contribution < -0.4 is 72.5 Å². The zero-order chi connectivity index (χ0) is 80.7. The van der Waals surface area contributed by atoms with Gasteiger partial charge in [-0.25, -0.2) is 0 Å². The summed E-state index contributed by atoms with van der Waals surface area (Å²) in [7, 11) is 1.51. The first-order chi connectivity index (χ1) is 53.9. The summed E-state index contributed by atoms with van der Waals surface area (Å²) in [6.45, 7) is 6.49. The number of aliphatic hydroxyl groups excluding tert-OH is 6. The Kier molecular flexibility index (Phi) is 23.9. The Morgan fingerprint density at radius 1 is 0.655 bits per heavy atom. The lowest BCUT2D eigenvalue weighted by Gasteiger charge is -2.54. The number of nitrogens with two attached hydrogens (primary N) is 1. The number of aryl methyl sites for hydroxylation is 1. The van der Waals surface area contributed by atoms with Gasteiger partial charge in [-0.05, 0) is 207 Å². The summed E-state index contributed by atoms with van der Waals surface area (Å²) < 4.78 is 31.1. The van der Waals surface area contributed by atoms with Crippen molar-refractivity contribution < 1.29 is 108 Å². The number of nitrogens with one attached hydrogen (secondary N) is 9. The van der Waals surface area contributed by atoms with E-state index in [1.807, 2.05) is 20.8 Å². The maximum atomic E-state index is 16.3. The maximum Gasteiger partial charge on any atom is 0.248 e. The van der Waals surface area contributed by atoms with Crippen molar-refractivity contribution in [1.29, 1.82) is 0 Å². The largest absolute Gasteiger partial charge is 0.507 e. The Balaban J connectivity index is 0.999. The van der Waals surface area contributed by atoms with E-state index in [0.29, 0.717) is 29.9 Å². The number of phenolic OH excluding ortho intramolecular Hbond substituents is 2. The highest BCUT2D eigenvalue weighted by molar-refractivity contribution is 6.32. The zero-order valence-corrected chi connectivity index (χ0v) is 62.9. The van der Waals surface area contributed by atoms with Gasteiger partial charge in [0.25, 0.3) is 0 Å². The monoisotopic (exact) mass is 1580 g/mol. The molecule has 19 N–H and O–H groups in total. The Labute approximate surface area is 653 Å². The molecule has 0 aromatic heterocycles. The van der Waals surface area contributed by atoms with Crippen molar-refractivity contribution in [2.24, 2.45) is 35.3 Å². The van der Waals surface area contributed by atoms with Crippen molar-refractivity contribution in [2.45, 2.75) is 170 Å². The second-order valence-corrected chi connectivity index (χ2v) is 30.9. The number of carbonyl (C=O) groups is 9. The first-order valence-corrected chi connectivity index (χ1v) is 37.9. The third-order valence-electron chi connectivity index (χ3n) is 22.1. The molecular weight excluding hydrogens is 1490 g/mol. The molecule has 4 saturated carbocycles. The van der Waals surface area contributed by atoms with E-state index in [4.69, 9.17) is 41.0 Å². The fraction of sp³-hybridized carbons (Fsp3) is 0.438. The minimum Gasteiger partial charge on any atom is -0.507 e. The topological polar surface area (TPSA) is 496 Å². The first kappa shape index (κ1) is 80.4. The molecule has 6 heterocycles. The Morgan fingerprint density at radius 2 is 1.29 bits per heavy atom. The van der Waals surface area contributed by atoms with Crippen molar-refractivity contribution in [3.8, 4) is 57.1 Å².